The van der Waals surface area contributed by atoms with Gasteiger partial charge in [-0.25, -0.2) is 0 Å². The highest BCUT2D eigenvalue weighted by molar-refractivity contribution is 6.04. The lowest BCUT2D eigenvalue weighted by Gasteiger charge is -2.20. The van der Waals surface area contributed by atoms with Gasteiger partial charge in [-0.15, -0.1) is 0 Å². The van der Waals surface area contributed by atoms with Gasteiger partial charge in [0.2, 0.25) is 0 Å². The summed E-state index contributed by atoms with van der Waals surface area (Å²) in [5.74, 6) is 0.183. The predicted octanol–water partition coefficient (Wildman–Crippen LogP) is 4.01. The summed E-state index contributed by atoms with van der Waals surface area (Å²) in [6.07, 6.45) is 1.88. The molecule has 0 unspecified atom stereocenters. The largest absolute Gasteiger partial charge is 0.480 e. The average Bonchev–Trinajstić information content (AvgIpc) is 3.26. The molecule has 2 aromatic rings. The van der Waals surface area contributed by atoms with Gasteiger partial charge in [-0.1, -0.05) is 31.2 Å². The van der Waals surface area contributed by atoms with E-state index in [1.807, 2.05) is 39.0 Å². The maximum absolute atomic E-state index is 12.9. The lowest BCUT2D eigenvalue weighted by atomic mass is 10.1. The topological polar surface area (TPSA) is 76.7 Å². The number of benzene rings is 2. The number of anilines is 1. The molecule has 0 aliphatic carbocycles. The first-order valence-electron chi connectivity index (χ1n) is 10.5. The van der Waals surface area contributed by atoms with Crippen LogP contribution in [0.4, 0.5) is 5.69 Å². The molecule has 3 rings (SSSR count). The minimum atomic E-state index is -0.659. The van der Waals surface area contributed by atoms with Gasteiger partial charge in [0.1, 0.15) is 5.75 Å². The molecule has 0 aromatic heterocycles. The van der Waals surface area contributed by atoms with Crippen molar-refractivity contribution in [1.82, 2.24) is 5.32 Å². The van der Waals surface area contributed by atoms with E-state index in [9.17, 15) is 9.59 Å². The fraction of sp³-hybridized carbons (Fsp3) is 0.417. The van der Waals surface area contributed by atoms with Crippen molar-refractivity contribution in [2.75, 3.05) is 18.5 Å². The minimum absolute atomic E-state index is 0.0612. The van der Waals surface area contributed by atoms with E-state index in [2.05, 4.69) is 10.6 Å². The molecule has 30 heavy (non-hydrogen) atoms. The number of hydrogen-bond donors (Lipinski definition) is 2. The summed E-state index contributed by atoms with van der Waals surface area (Å²) in [5.41, 5.74) is 2.93. The highest BCUT2D eigenvalue weighted by atomic mass is 16.5. The zero-order valence-corrected chi connectivity index (χ0v) is 17.9. The second-order valence-corrected chi connectivity index (χ2v) is 7.66. The third kappa shape index (κ3) is 5.60. The van der Waals surface area contributed by atoms with Gasteiger partial charge < -0.3 is 20.1 Å². The first-order chi connectivity index (χ1) is 14.5. The second-order valence-electron chi connectivity index (χ2n) is 7.66. The highest BCUT2D eigenvalue weighted by Crippen LogP contribution is 2.22. The molecule has 0 radical (unpaired) electrons. The van der Waals surface area contributed by atoms with Gasteiger partial charge in [-0.2, -0.15) is 0 Å². The van der Waals surface area contributed by atoms with E-state index >= 15 is 0 Å². The van der Waals surface area contributed by atoms with Crippen LogP contribution in [-0.2, 0) is 9.53 Å². The Morgan fingerprint density at radius 3 is 2.73 bits per heavy atom. The molecule has 2 aromatic carbocycles. The maximum Gasteiger partial charge on any atom is 0.265 e. The lowest BCUT2D eigenvalue weighted by Crippen LogP contribution is -2.35. The average molecular weight is 411 g/mol. The predicted molar refractivity (Wildman–Crippen MR) is 117 cm³/mol. The van der Waals surface area contributed by atoms with Gasteiger partial charge in [0.05, 0.1) is 17.4 Å². The van der Waals surface area contributed by atoms with Crippen LogP contribution < -0.4 is 15.4 Å². The van der Waals surface area contributed by atoms with E-state index in [1.165, 1.54) is 0 Å². The zero-order valence-electron chi connectivity index (χ0n) is 17.9. The van der Waals surface area contributed by atoms with E-state index in [4.69, 9.17) is 9.47 Å². The van der Waals surface area contributed by atoms with E-state index in [-0.39, 0.29) is 17.9 Å². The Labute approximate surface area is 178 Å². The van der Waals surface area contributed by atoms with E-state index in [0.29, 0.717) is 30.0 Å². The van der Waals surface area contributed by atoms with Crippen molar-refractivity contribution in [2.24, 2.45) is 0 Å². The summed E-state index contributed by atoms with van der Waals surface area (Å²) < 4.78 is 11.5. The third-order valence-corrected chi connectivity index (χ3v) is 5.22. The van der Waals surface area contributed by atoms with Crippen LogP contribution in [0.15, 0.2) is 42.5 Å². The van der Waals surface area contributed by atoms with Crippen LogP contribution in [0, 0.1) is 13.8 Å². The number of carbonyl (C=O) groups excluding carboxylic acids is 2. The number of ether oxygens (including phenoxy) is 2. The van der Waals surface area contributed by atoms with Gasteiger partial charge in [-0.05, 0) is 62.4 Å². The fourth-order valence-corrected chi connectivity index (χ4v) is 3.42. The summed E-state index contributed by atoms with van der Waals surface area (Å²) in [6.45, 7) is 7.04. The summed E-state index contributed by atoms with van der Waals surface area (Å²) >= 11 is 0. The van der Waals surface area contributed by atoms with Gasteiger partial charge in [0, 0.05) is 13.2 Å². The Bertz CT molecular complexity index is 891. The summed E-state index contributed by atoms with van der Waals surface area (Å²) in [7, 11) is 0. The SMILES string of the molecule is CC[C@@H](Oc1cc(C)ccc1C)C(=O)Nc1ccccc1C(=O)NC[C@H]1CCCO1. The molecule has 1 saturated heterocycles. The molecule has 2 atom stereocenters. The molecular formula is C24H30N2O4. The quantitative estimate of drug-likeness (QED) is 0.689. The Morgan fingerprint density at radius 2 is 2.00 bits per heavy atom. The van der Waals surface area contributed by atoms with Crippen molar-refractivity contribution in [2.45, 2.75) is 52.2 Å². The van der Waals surface area contributed by atoms with Crippen molar-refractivity contribution in [3.63, 3.8) is 0 Å². The molecule has 2 N–H and O–H groups in total. The molecule has 6 nitrogen and oxygen atoms in total. The Kier molecular flexibility index (Phi) is 7.46. The van der Waals surface area contributed by atoms with Crippen LogP contribution in [0.5, 0.6) is 5.75 Å². The summed E-state index contributed by atoms with van der Waals surface area (Å²) in [4.78, 5) is 25.6. The monoisotopic (exact) mass is 410 g/mol. The van der Waals surface area contributed by atoms with Gasteiger partial charge >= 0.3 is 0 Å². The number of aryl methyl sites for hydroxylation is 2. The molecule has 0 bridgehead atoms. The Morgan fingerprint density at radius 1 is 1.20 bits per heavy atom. The zero-order chi connectivity index (χ0) is 21.5. The smallest absolute Gasteiger partial charge is 0.265 e. The van der Waals surface area contributed by atoms with Crippen LogP contribution in [0.3, 0.4) is 0 Å². The molecule has 1 fully saturated rings. The first-order valence-corrected chi connectivity index (χ1v) is 10.5. The van der Waals surface area contributed by atoms with Crippen molar-refractivity contribution in [3.05, 3.63) is 59.2 Å². The van der Waals surface area contributed by atoms with Crippen molar-refractivity contribution >= 4 is 17.5 Å². The van der Waals surface area contributed by atoms with Gasteiger partial charge in [0.15, 0.2) is 6.10 Å². The van der Waals surface area contributed by atoms with Crippen LogP contribution in [0.25, 0.3) is 0 Å². The number of amides is 2. The first kappa shape index (κ1) is 21.8. The van der Waals surface area contributed by atoms with Crippen LogP contribution in [0.1, 0.15) is 47.7 Å². The molecule has 2 amide bonds. The van der Waals surface area contributed by atoms with E-state index in [1.54, 1.807) is 24.3 Å². The van der Waals surface area contributed by atoms with E-state index in [0.717, 1.165) is 30.6 Å². The second kappa shape index (κ2) is 10.3. The van der Waals surface area contributed by atoms with Crippen molar-refractivity contribution in [3.8, 4) is 5.75 Å². The maximum atomic E-state index is 12.9. The normalized spacial score (nSPS) is 16.7. The highest BCUT2D eigenvalue weighted by Gasteiger charge is 2.22. The Hall–Kier alpha value is -2.86. The molecule has 1 aliphatic rings. The third-order valence-electron chi connectivity index (χ3n) is 5.22. The lowest BCUT2D eigenvalue weighted by molar-refractivity contribution is -0.122. The van der Waals surface area contributed by atoms with Gasteiger partial charge in [0.25, 0.3) is 11.8 Å². The minimum Gasteiger partial charge on any atom is -0.480 e. The molecule has 1 heterocycles. The molecule has 1 aliphatic heterocycles. The van der Waals surface area contributed by atoms with Gasteiger partial charge in [-0.3, -0.25) is 9.59 Å². The number of nitrogens with one attached hydrogen (secondary N) is 2. The number of rotatable bonds is 8. The van der Waals surface area contributed by atoms with Crippen molar-refractivity contribution in [1.29, 1.82) is 0 Å². The summed E-state index contributed by atoms with van der Waals surface area (Å²) in [5, 5.41) is 5.77. The molecule has 160 valence electrons. The fourth-order valence-electron chi connectivity index (χ4n) is 3.42. The van der Waals surface area contributed by atoms with Crippen LogP contribution in [-0.4, -0.2) is 37.2 Å². The molecule has 0 saturated carbocycles. The summed E-state index contributed by atoms with van der Waals surface area (Å²) in [6, 6.07) is 12.9. The molecular weight excluding hydrogens is 380 g/mol. The van der Waals surface area contributed by atoms with E-state index < -0.39 is 6.10 Å². The number of para-hydroxylation sites is 1. The van der Waals surface area contributed by atoms with Crippen LogP contribution in [0.2, 0.25) is 0 Å². The standard InChI is InChI=1S/C24H30N2O4/c1-4-21(30-22-14-16(2)11-12-17(22)3)24(28)26-20-10-6-5-9-19(20)23(27)25-15-18-8-7-13-29-18/h5-6,9-12,14,18,21H,4,7-8,13,15H2,1-3H3,(H,25,27)(H,26,28)/t18-,21-/m1/s1. The molecule has 0 spiro atoms. The Balaban J connectivity index is 1.67. The molecule has 6 heteroatoms. The number of carbonyl (C=O) groups is 2. The van der Waals surface area contributed by atoms with Crippen molar-refractivity contribution < 1.29 is 19.1 Å². The number of hydrogen-bond acceptors (Lipinski definition) is 4. The van der Waals surface area contributed by atoms with Crippen LogP contribution >= 0.6 is 0 Å².